The summed E-state index contributed by atoms with van der Waals surface area (Å²) >= 11 is 0. The van der Waals surface area contributed by atoms with Gasteiger partial charge in [-0.2, -0.15) is 0 Å². The van der Waals surface area contributed by atoms with Gasteiger partial charge in [0.05, 0.1) is 36.4 Å². The van der Waals surface area contributed by atoms with Crippen LogP contribution in [0.4, 0.5) is 0 Å². The highest BCUT2D eigenvalue weighted by atomic mass is 16.5. The molecule has 0 bridgehead atoms. The number of hydrogen-bond donors (Lipinski definition) is 6. The first-order valence-corrected chi connectivity index (χ1v) is 16.6. The molecule has 0 aliphatic carbocycles. The number of aliphatic hydroxyl groups is 1. The normalized spacial score (nSPS) is 22.7. The lowest BCUT2D eigenvalue weighted by molar-refractivity contribution is -0.522. The number of nitrogens with two attached hydrogens (primary N) is 1. The number of nitrogens with zero attached hydrogens (tertiary/aromatic N) is 1. The minimum Gasteiger partial charge on any atom is -0.492 e. The number of rotatable bonds is 11. The van der Waals surface area contributed by atoms with E-state index in [1.54, 1.807) is 19.3 Å². The van der Waals surface area contributed by atoms with Gasteiger partial charge in [0.2, 0.25) is 5.84 Å². The van der Waals surface area contributed by atoms with Crippen molar-refractivity contribution >= 4 is 17.6 Å². The van der Waals surface area contributed by atoms with Gasteiger partial charge in [-0.15, -0.1) is 0 Å². The summed E-state index contributed by atoms with van der Waals surface area (Å²) in [5, 5.41) is 20.1. The van der Waals surface area contributed by atoms with Crippen molar-refractivity contribution in [3.05, 3.63) is 78.1 Å². The number of likely N-dealkylation sites (tertiary alicyclic amines) is 1. The van der Waals surface area contributed by atoms with Crippen LogP contribution in [0.15, 0.2) is 66.9 Å². The number of amides is 2. The molecule has 47 heavy (non-hydrogen) atoms. The number of allylic oxidation sites excluding steroid dienone is 3. The highest BCUT2D eigenvalue weighted by molar-refractivity contribution is 5.98. The number of nitrogens with one attached hydrogen (secondary N) is 4. The van der Waals surface area contributed by atoms with E-state index in [0.717, 1.165) is 17.6 Å². The lowest BCUT2D eigenvalue weighted by atomic mass is 9.79. The van der Waals surface area contributed by atoms with Gasteiger partial charge >= 0.3 is 0 Å². The summed E-state index contributed by atoms with van der Waals surface area (Å²) in [6.45, 7) is 25.1. The van der Waals surface area contributed by atoms with Gasteiger partial charge in [-0.3, -0.25) is 25.2 Å². The molecule has 4 atom stereocenters. The maximum absolute atomic E-state index is 13.3. The van der Waals surface area contributed by atoms with Crippen LogP contribution in [0.1, 0.15) is 84.2 Å². The van der Waals surface area contributed by atoms with E-state index in [-0.39, 0.29) is 23.3 Å². The Hall–Kier alpha value is -3.89. The molecule has 1 aromatic carbocycles. The molecule has 10 heteroatoms. The summed E-state index contributed by atoms with van der Waals surface area (Å²) in [5.41, 5.74) is 8.32. The molecule has 2 heterocycles. The monoisotopic (exact) mass is 653 g/mol. The van der Waals surface area contributed by atoms with E-state index < -0.39 is 17.7 Å². The lowest BCUT2D eigenvalue weighted by Crippen LogP contribution is -2.90. The van der Waals surface area contributed by atoms with Gasteiger partial charge in [-0.05, 0) is 57.5 Å². The summed E-state index contributed by atoms with van der Waals surface area (Å²) in [6, 6.07) is 5.06. The number of carbonyl (C=O) groups is 2. The fourth-order valence-electron chi connectivity index (χ4n) is 5.62. The van der Waals surface area contributed by atoms with Crippen molar-refractivity contribution in [2.45, 2.75) is 97.4 Å². The minimum atomic E-state index is -0.822. The Morgan fingerprint density at radius 1 is 1.28 bits per heavy atom. The Balaban J connectivity index is 0.000000667. The fourth-order valence-corrected chi connectivity index (χ4v) is 5.62. The average Bonchev–Trinajstić information content (AvgIpc) is 3.28. The van der Waals surface area contributed by atoms with Crippen molar-refractivity contribution in [2.75, 3.05) is 33.8 Å². The van der Waals surface area contributed by atoms with Gasteiger partial charge < -0.3 is 25.8 Å². The maximum atomic E-state index is 13.3. The molecule has 2 aliphatic rings. The smallest absolute Gasteiger partial charge is 0.255 e. The highest BCUT2D eigenvalue weighted by Gasteiger charge is 2.54. The van der Waals surface area contributed by atoms with E-state index in [4.69, 9.17) is 10.5 Å². The molecule has 0 radical (unpaired) electrons. The quantitative estimate of drug-likeness (QED) is 0.0934. The molecule has 0 saturated carbocycles. The SMILES string of the molecule is C=C(C(=O)NC)/C(C)=C\C=C/C.C=CNCC([NH+]=C(N)CC)C1(C)C(O)C(NC(=O)c2cccc3c2OCCC3(C)C)CN1C.CC. The van der Waals surface area contributed by atoms with Crippen molar-refractivity contribution in [1.29, 1.82) is 0 Å². The van der Waals surface area contributed by atoms with Crippen LogP contribution in [-0.2, 0) is 10.2 Å². The number of ether oxygens (including phenoxy) is 1. The molecule has 10 nitrogen and oxygen atoms in total. The number of aliphatic hydroxyl groups excluding tert-OH is 1. The summed E-state index contributed by atoms with van der Waals surface area (Å²) in [6.07, 6.45) is 8.02. The van der Waals surface area contributed by atoms with Crippen LogP contribution in [0.5, 0.6) is 5.75 Å². The molecular formula is C37H61N6O4+. The first-order valence-electron chi connectivity index (χ1n) is 16.6. The van der Waals surface area contributed by atoms with Gasteiger partial charge in [0.1, 0.15) is 11.8 Å². The predicted octanol–water partition coefficient (Wildman–Crippen LogP) is 2.70. The van der Waals surface area contributed by atoms with E-state index in [1.165, 1.54) is 0 Å². The van der Waals surface area contributed by atoms with Crippen molar-refractivity contribution in [3.8, 4) is 5.75 Å². The molecule has 4 unspecified atom stereocenters. The van der Waals surface area contributed by atoms with Crippen molar-refractivity contribution < 1.29 is 24.4 Å². The zero-order chi connectivity index (χ0) is 35.9. The summed E-state index contributed by atoms with van der Waals surface area (Å²) in [4.78, 5) is 29.8. The van der Waals surface area contributed by atoms with E-state index in [9.17, 15) is 14.7 Å². The molecule has 262 valence electrons. The van der Waals surface area contributed by atoms with Crippen LogP contribution in [-0.4, -0.2) is 85.2 Å². The Kier molecular flexibility index (Phi) is 16.7. The second kappa shape index (κ2) is 19.1. The number of para-hydroxylation sites is 1. The first-order chi connectivity index (χ1) is 22.2. The molecule has 1 fully saturated rings. The summed E-state index contributed by atoms with van der Waals surface area (Å²) < 4.78 is 5.93. The van der Waals surface area contributed by atoms with Gasteiger partial charge in [-0.1, -0.05) is 78.1 Å². The fraction of sp³-hybridized carbons (Fsp3) is 0.541. The lowest BCUT2D eigenvalue weighted by Gasteiger charge is -2.39. The second-order valence-electron chi connectivity index (χ2n) is 12.4. The third-order valence-electron chi connectivity index (χ3n) is 8.98. The topological polar surface area (TPSA) is 143 Å². The Morgan fingerprint density at radius 2 is 1.94 bits per heavy atom. The molecule has 2 aliphatic heterocycles. The van der Waals surface area contributed by atoms with Crippen LogP contribution < -0.4 is 31.4 Å². The number of amidine groups is 1. The van der Waals surface area contributed by atoms with Gasteiger partial charge in [-0.25, -0.2) is 0 Å². The number of fused-ring (bicyclic) bond motifs is 1. The highest BCUT2D eigenvalue weighted by Crippen LogP contribution is 2.40. The van der Waals surface area contributed by atoms with E-state index >= 15 is 0 Å². The zero-order valence-corrected chi connectivity index (χ0v) is 30.4. The van der Waals surface area contributed by atoms with Crippen LogP contribution in [0.2, 0.25) is 0 Å². The Morgan fingerprint density at radius 3 is 2.51 bits per heavy atom. The van der Waals surface area contributed by atoms with E-state index in [1.807, 2.05) is 79.0 Å². The Bertz CT molecular complexity index is 1320. The maximum Gasteiger partial charge on any atom is 0.255 e. The van der Waals surface area contributed by atoms with Crippen molar-refractivity contribution in [3.63, 3.8) is 0 Å². The van der Waals surface area contributed by atoms with E-state index in [0.29, 0.717) is 48.8 Å². The van der Waals surface area contributed by atoms with Crippen LogP contribution in [0, 0.1) is 0 Å². The molecule has 1 aromatic rings. The molecule has 7 N–H and O–H groups in total. The molecule has 3 rings (SSSR count). The van der Waals surface area contributed by atoms with Crippen molar-refractivity contribution in [2.24, 2.45) is 5.73 Å². The number of hydrogen-bond acceptors (Lipinski definition) is 6. The second-order valence-corrected chi connectivity index (χ2v) is 12.4. The van der Waals surface area contributed by atoms with E-state index in [2.05, 4.69) is 52.8 Å². The summed E-state index contributed by atoms with van der Waals surface area (Å²) in [5.74, 6) is 0.929. The minimum absolute atomic E-state index is 0.0533. The first kappa shape index (κ1) is 41.1. The molecule has 1 saturated heterocycles. The third kappa shape index (κ3) is 10.3. The largest absolute Gasteiger partial charge is 0.492 e. The van der Waals surface area contributed by atoms with Gasteiger partial charge in [0.25, 0.3) is 11.8 Å². The van der Waals surface area contributed by atoms with Gasteiger partial charge in [0, 0.05) is 31.1 Å². The molecule has 0 spiro atoms. The number of benzene rings is 1. The molecular weight excluding hydrogens is 592 g/mol. The molecule has 2 amide bonds. The number of carbonyl (C=O) groups excluding carboxylic acids is 2. The standard InChI is InChI=1S/C25H39N5O3.C10H15NO.C2H6/c1-7-20(26)29-19(14-27-8-2)25(5)22(31)18(15-30(25)6)28-23(32)16-10-9-11-17-21(16)33-13-12-24(17,3)4;1-5-6-7-8(2)9(3)10(12)11-4;1-2/h8-11,18-19,22,27,31H,2,7,12-15H2,1,3-6H3,(H2,26,29)(H,28,32);5-7H,3H2,1-2,4H3,(H,11,12);1-2H3/p+1/b;6-5-,8-7-;. The van der Waals surface area contributed by atoms with Crippen LogP contribution in [0.25, 0.3) is 0 Å². The summed E-state index contributed by atoms with van der Waals surface area (Å²) in [7, 11) is 3.55. The third-order valence-corrected chi connectivity index (χ3v) is 8.98. The molecule has 0 aromatic heterocycles. The number of likely N-dealkylation sites (N-methyl/N-ethyl adjacent to an activating group) is 2. The Labute approximate surface area is 283 Å². The van der Waals surface area contributed by atoms with Crippen LogP contribution in [0.3, 0.4) is 0 Å². The van der Waals surface area contributed by atoms with Crippen molar-refractivity contribution in [1.82, 2.24) is 20.9 Å². The van der Waals surface area contributed by atoms with Gasteiger partial charge in [0.15, 0.2) is 0 Å². The van der Waals surface area contributed by atoms with Crippen LogP contribution >= 0.6 is 0 Å². The average molecular weight is 654 g/mol. The predicted molar refractivity (Wildman–Crippen MR) is 193 cm³/mol. The zero-order valence-electron chi connectivity index (χ0n) is 30.4.